The molecule has 0 bridgehead atoms. The average Bonchev–Trinajstić information content (AvgIpc) is 2.96. The van der Waals surface area contributed by atoms with Crippen LogP contribution < -0.4 is 0 Å². The van der Waals surface area contributed by atoms with Crippen molar-refractivity contribution in [2.24, 2.45) is 4.99 Å². The summed E-state index contributed by atoms with van der Waals surface area (Å²) in [6, 6.07) is 11.9. The van der Waals surface area contributed by atoms with Crippen molar-refractivity contribution in [3.05, 3.63) is 76.5 Å². The molecule has 1 heterocycles. The number of aliphatic imine (C=N–C) groups is 1. The smallest absolute Gasteiger partial charge is 0.402 e. The topological polar surface area (TPSA) is 38.7 Å². The largest absolute Gasteiger partial charge is 0.416 e. The minimum atomic E-state index is -4.41. The van der Waals surface area contributed by atoms with Gasteiger partial charge in [0.25, 0.3) is 0 Å². The number of alkyl halides is 3. The van der Waals surface area contributed by atoms with Gasteiger partial charge in [-0.1, -0.05) is 31.2 Å². The van der Waals surface area contributed by atoms with Gasteiger partial charge in [-0.05, 0) is 47.9 Å². The number of hydrogen-bond acceptors (Lipinski definition) is 3. The fraction of sp³-hybridized carbons (Fsp3) is 0.158. The van der Waals surface area contributed by atoms with Crippen LogP contribution in [0, 0.1) is 0 Å². The molecule has 0 aromatic heterocycles. The van der Waals surface area contributed by atoms with Crippen molar-refractivity contribution in [1.29, 1.82) is 0 Å². The fourth-order valence-electron chi connectivity index (χ4n) is 2.34. The molecule has 0 aliphatic carbocycles. The summed E-state index contributed by atoms with van der Waals surface area (Å²) >= 11 is 0. The second-order valence-electron chi connectivity index (χ2n) is 5.51. The lowest BCUT2D eigenvalue weighted by atomic mass is 10.1. The molecule has 3 rings (SSSR count). The summed E-state index contributed by atoms with van der Waals surface area (Å²) < 4.78 is 42.8. The van der Waals surface area contributed by atoms with Crippen LogP contribution in [0.25, 0.3) is 6.08 Å². The Morgan fingerprint density at radius 1 is 1.04 bits per heavy atom. The number of aryl methyl sites for hydroxylation is 1. The standard InChI is InChI=1S/C19H14F3NO2/c1-2-12-3-5-13(6-4-12)11-16-18(24)25-17(23-16)14-7-9-15(10-8-14)19(20,21)22/h3-11H,2H2,1H3/b16-11-. The first kappa shape index (κ1) is 17.0. The van der Waals surface area contributed by atoms with Gasteiger partial charge in [0.05, 0.1) is 5.56 Å². The van der Waals surface area contributed by atoms with Gasteiger partial charge in [0.15, 0.2) is 5.70 Å². The lowest BCUT2D eigenvalue weighted by molar-refractivity contribution is -0.137. The number of rotatable bonds is 3. The molecule has 128 valence electrons. The molecule has 0 amide bonds. The van der Waals surface area contributed by atoms with Crippen LogP contribution in [0.5, 0.6) is 0 Å². The molecule has 1 aliphatic rings. The maximum Gasteiger partial charge on any atom is 0.416 e. The Labute approximate surface area is 142 Å². The summed E-state index contributed by atoms with van der Waals surface area (Å²) in [5.74, 6) is -0.635. The van der Waals surface area contributed by atoms with Gasteiger partial charge in [-0.15, -0.1) is 0 Å². The van der Waals surface area contributed by atoms with Crippen LogP contribution in [-0.2, 0) is 22.1 Å². The number of cyclic esters (lactones) is 1. The van der Waals surface area contributed by atoms with Crippen LogP contribution in [0.15, 0.2) is 59.2 Å². The molecule has 0 saturated heterocycles. The highest BCUT2D eigenvalue weighted by Gasteiger charge is 2.31. The number of nitrogens with zero attached hydrogens (tertiary/aromatic N) is 1. The minimum Gasteiger partial charge on any atom is -0.402 e. The maximum absolute atomic E-state index is 12.6. The molecule has 0 N–H and O–H groups in total. The Bertz CT molecular complexity index is 848. The monoisotopic (exact) mass is 345 g/mol. The lowest BCUT2D eigenvalue weighted by Crippen LogP contribution is -2.08. The first-order valence-electron chi connectivity index (χ1n) is 7.66. The van der Waals surface area contributed by atoms with Crippen molar-refractivity contribution in [3.63, 3.8) is 0 Å². The van der Waals surface area contributed by atoms with Gasteiger partial charge in [-0.3, -0.25) is 0 Å². The van der Waals surface area contributed by atoms with Crippen molar-refractivity contribution >= 4 is 17.9 Å². The van der Waals surface area contributed by atoms with Crippen molar-refractivity contribution in [3.8, 4) is 0 Å². The Kier molecular flexibility index (Phi) is 4.44. The lowest BCUT2D eigenvalue weighted by Gasteiger charge is -2.06. The third-order valence-corrected chi connectivity index (χ3v) is 3.77. The summed E-state index contributed by atoms with van der Waals surface area (Å²) in [6.45, 7) is 2.04. The summed E-state index contributed by atoms with van der Waals surface area (Å²) in [6.07, 6.45) is -1.92. The predicted octanol–water partition coefficient (Wildman–Crippen LogP) is 4.61. The summed E-state index contributed by atoms with van der Waals surface area (Å²) in [5, 5.41) is 0. The Balaban J connectivity index is 1.85. The molecule has 3 nitrogen and oxygen atoms in total. The van der Waals surface area contributed by atoms with Gasteiger partial charge in [0.1, 0.15) is 0 Å². The number of hydrogen-bond donors (Lipinski definition) is 0. The Hall–Kier alpha value is -2.89. The van der Waals surface area contributed by atoms with Crippen LogP contribution in [0.2, 0.25) is 0 Å². The fourth-order valence-corrected chi connectivity index (χ4v) is 2.34. The summed E-state index contributed by atoms with van der Waals surface area (Å²) in [7, 11) is 0. The van der Waals surface area contributed by atoms with Crippen LogP contribution in [0.4, 0.5) is 13.2 Å². The molecule has 6 heteroatoms. The van der Waals surface area contributed by atoms with Crippen molar-refractivity contribution < 1.29 is 22.7 Å². The van der Waals surface area contributed by atoms with E-state index >= 15 is 0 Å². The van der Waals surface area contributed by atoms with Crippen LogP contribution in [-0.4, -0.2) is 11.9 Å². The maximum atomic E-state index is 12.6. The van der Waals surface area contributed by atoms with Gasteiger partial charge in [-0.2, -0.15) is 13.2 Å². The van der Waals surface area contributed by atoms with E-state index in [0.29, 0.717) is 5.56 Å². The number of esters is 1. The number of carbonyl (C=O) groups is 1. The van der Waals surface area contributed by atoms with Crippen molar-refractivity contribution in [1.82, 2.24) is 0 Å². The molecule has 0 saturated carbocycles. The molecule has 1 aliphatic heterocycles. The van der Waals surface area contributed by atoms with E-state index in [2.05, 4.69) is 4.99 Å². The van der Waals surface area contributed by atoms with E-state index in [9.17, 15) is 18.0 Å². The van der Waals surface area contributed by atoms with E-state index in [1.165, 1.54) is 17.7 Å². The van der Waals surface area contributed by atoms with Crippen molar-refractivity contribution in [2.75, 3.05) is 0 Å². The Morgan fingerprint density at radius 3 is 2.24 bits per heavy atom. The normalized spacial score (nSPS) is 16.1. The van der Waals surface area contributed by atoms with Crippen LogP contribution in [0.3, 0.4) is 0 Å². The van der Waals surface area contributed by atoms with Crippen molar-refractivity contribution in [2.45, 2.75) is 19.5 Å². The zero-order valence-electron chi connectivity index (χ0n) is 13.3. The minimum absolute atomic E-state index is 0.00449. The first-order valence-corrected chi connectivity index (χ1v) is 7.66. The molecule has 0 radical (unpaired) electrons. The van der Waals surface area contributed by atoms with Gasteiger partial charge in [-0.25, -0.2) is 9.79 Å². The molecule has 0 spiro atoms. The summed E-state index contributed by atoms with van der Waals surface area (Å²) in [5.41, 5.74) is 1.62. The molecule has 2 aromatic rings. The Morgan fingerprint density at radius 2 is 1.68 bits per heavy atom. The van der Waals surface area contributed by atoms with Gasteiger partial charge in [0, 0.05) is 5.56 Å². The number of benzene rings is 2. The van der Waals surface area contributed by atoms with E-state index < -0.39 is 17.7 Å². The number of carbonyl (C=O) groups excluding carboxylic acids is 1. The molecule has 0 unspecified atom stereocenters. The average molecular weight is 345 g/mol. The van der Waals surface area contributed by atoms with E-state index in [1.807, 2.05) is 31.2 Å². The predicted molar refractivity (Wildman–Crippen MR) is 87.9 cm³/mol. The van der Waals surface area contributed by atoms with Crippen LogP contribution in [0.1, 0.15) is 29.2 Å². The third-order valence-electron chi connectivity index (χ3n) is 3.77. The van der Waals surface area contributed by atoms with Crippen LogP contribution >= 0.6 is 0 Å². The van der Waals surface area contributed by atoms with E-state index in [-0.39, 0.29) is 11.6 Å². The number of halogens is 3. The number of ether oxygens (including phenoxy) is 1. The quantitative estimate of drug-likeness (QED) is 0.602. The van der Waals surface area contributed by atoms with Gasteiger partial charge < -0.3 is 4.74 Å². The second kappa shape index (κ2) is 6.55. The first-order chi connectivity index (χ1) is 11.9. The second-order valence-corrected chi connectivity index (χ2v) is 5.51. The van der Waals surface area contributed by atoms with E-state index in [0.717, 1.165) is 24.1 Å². The zero-order valence-corrected chi connectivity index (χ0v) is 13.3. The highest BCUT2D eigenvalue weighted by atomic mass is 19.4. The third kappa shape index (κ3) is 3.79. The SMILES string of the molecule is CCc1ccc(/C=C2\N=C(c3ccc(C(F)(F)F)cc3)OC2=O)cc1. The molecule has 25 heavy (non-hydrogen) atoms. The molecule has 0 atom stereocenters. The summed E-state index contributed by atoms with van der Waals surface area (Å²) in [4.78, 5) is 16.0. The highest BCUT2D eigenvalue weighted by molar-refractivity contribution is 6.12. The molecular weight excluding hydrogens is 331 g/mol. The van der Waals surface area contributed by atoms with E-state index in [1.54, 1.807) is 6.08 Å². The molecular formula is C19H14F3NO2. The van der Waals surface area contributed by atoms with E-state index in [4.69, 9.17) is 4.74 Å². The highest BCUT2D eigenvalue weighted by Crippen LogP contribution is 2.29. The zero-order chi connectivity index (χ0) is 18.0. The molecule has 2 aromatic carbocycles. The van der Waals surface area contributed by atoms with Gasteiger partial charge in [0.2, 0.25) is 5.90 Å². The molecule has 0 fully saturated rings. The van der Waals surface area contributed by atoms with Gasteiger partial charge >= 0.3 is 12.1 Å².